The van der Waals surface area contributed by atoms with Gasteiger partial charge in [0, 0.05) is 5.69 Å². The largest absolute Gasteiger partial charge is 0.324 e. The number of thiazole rings is 1. The topological polar surface area (TPSA) is 119 Å². The quantitative estimate of drug-likeness (QED) is 0.700. The van der Waals surface area contributed by atoms with Crippen molar-refractivity contribution in [2.75, 3.05) is 16.3 Å². The Kier molecular flexibility index (Phi) is 4.20. The lowest BCUT2D eigenvalue weighted by atomic mass is 10.3. The van der Waals surface area contributed by atoms with E-state index in [-0.39, 0.29) is 18.3 Å². The molecular weight excluding hydrogens is 352 g/mol. The van der Waals surface area contributed by atoms with E-state index in [9.17, 15) is 13.2 Å². The summed E-state index contributed by atoms with van der Waals surface area (Å²) in [7, 11) is -3.43. The highest BCUT2D eigenvalue weighted by molar-refractivity contribution is 7.92. The number of nitrogens with one attached hydrogen (secondary N) is 2. The molecule has 0 aliphatic rings. The van der Waals surface area contributed by atoms with Crippen LogP contribution in [0.4, 0.5) is 11.5 Å². The van der Waals surface area contributed by atoms with E-state index >= 15 is 0 Å². The van der Waals surface area contributed by atoms with Crippen molar-refractivity contribution in [1.82, 2.24) is 20.0 Å². The molecule has 0 spiro atoms. The molecule has 24 heavy (non-hydrogen) atoms. The number of benzene rings is 1. The summed E-state index contributed by atoms with van der Waals surface area (Å²) in [6, 6.07) is 5.49. The van der Waals surface area contributed by atoms with Gasteiger partial charge in [0.2, 0.25) is 15.9 Å². The van der Waals surface area contributed by atoms with Gasteiger partial charge >= 0.3 is 0 Å². The van der Waals surface area contributed by atoms with Gasteiger partial charge in [-0.15, -0.1) is 16.4 Å². The molecule has 0 bridgehead atoms. The van der Waals surface area contributed by atoms with Crippen LogP contribution >= 0.6 is 11.3 Å². The van der Waals surface area contributed by atoms with Gasteiger partial charge in [-0.2, -0.15) is 9.90 Å². The number of hydrogen-bond donors (Lipinski definition) is 2. The molecule has 0 saturated carbocycles. The number of rotatable bonds is 5. The fourth-order valence-electron chi connectivity index (χ4n) is 2.06. The lowest BCUT2D eigenvalue weighted by Gasteiger charge is -2.04. The van der Waals surface area contributed by atoms with Crippen LogP contribution in [0.5, 0.6) is 0 Å². The van der Waals surface area contributed by atoms with Crippen molar-refractivity contribution in [2.45, 2.75) is 13.5 Å². The minimum absolute atomic E-state index is 0.0599. The monoisotopic (exact) mass is 366 g/mol. The van der Waals surface area contributed by atoms with Crippen molar-refractivity contribution in [3.63, 3.8) is 0 Å². The standard InChI is InChI=1S/C13H14N6O3S2/c1-8-15-10-5-9(3-4-11(10)23-8)16-13(20)7-19-14-6-12(17-19)18-24(2,21)22/h3-6H,7H2,1-2H3,(H,16,20)(H,17,18). The van der Waals surface area contributed by atoms with E-state index in [1.54, 1.807) is 23.5 Å². The van der Waals surface area contributed by atoms with Gasteiger partial charge in [0.25, 0.3) is 0 Å². The summed E-state index contributed by atoms with van der Waals surface area (Å²) in [6.45, 7) is 1.79. The molecular formula is C13H14N6O3S2. The Hall–Kier alpha value is -2.53. The average molecular weight is 366 g/mol. The second-order valence-electron chi connectivity index (χ2n) is 5.10. The third-order valence-electron chi connectivity index (χ3n) is 2.89. The van der Waals surface area contributed by atoms with Crippen LogP contribution in [-0.2, 0) is 21.4 Å². The maximum absolute atomic E-state index is 12.0. The normalized spacial score (nSPS) is 11.6. The lowest BCUT2D eigenvalue weighted by molar-refractivity contribution is -0.117. The van der Waals surface area contributed by atoms with E-state index in [2.05, 4.69) is 25.2 Å². The molecule has 1 amide bonds. The van der Waals surface area contributed by atoms with E-state index < -0.39 is 10.0 Å². The van der Waals surface area contributed by atoms with Crippen LogP contribution in [0.25, 0.3) is 10.2 Å². The van der Waals surface area contributed by atoms with Crippen LogP contribution in [0, 0.1) is 6.92 Å². The third-order valence-corrected chi connectivity index (χ3v) is 4.42. The summed E-state index contributed by atoms with van der Waals surface area (Å²) in [5, 5.41) is 11.4. The van der Waals surface area contributed by atoms with Gasteiger partial charge in [-0.25, -0.2) is 13.4 Å². The molecule has 0 saturated heterocycles. The smallest absolute Gasteiger partial charge is 0.247 e. The Labute approximate surface area is 141 Å². The first-order chi connectivity index (χ1) is 11.3. The van der Waals surface area contributed by atoms with E-state index in [1.165, 1.54) is 6.20 Å². The predicted octanol–water partition coefficient (Wildman–Crippen LogP) is 1.21. The Bertz CT molecular complexity index is 1010. The molecule has 3 aromatic rings. The molecule has 3 rings (SSSR count). The second-order valence-corrected chi connectivity index (χ2v) is 8.08. The number of carbonyl (C=O) groups excluding carboxylic acids is 1. The van der Waals surface area contributed by atoms with Gasteiger partial charge < -0.3 is 5.32 Å². The number of nitrogens with zero attached hydrogens (tertiary/aromatic N) is 4. The van der Waals surface area contributed by atoms with Gasteiger partial charge in [-0.05, 0) is 25.1 Å². The maximum atomic E-state index is 12.0. The number of hydrogen-bond acceptors (Lipinski definition) is 7. The highest BCUT2D eigenvalue weighted by Gasteiger charge is 2.10. The molecule has 2 N–H and O–H groups in total. The van der Waals surface area contributed by atoms with Crippen LogP contribution in [0.3, 0.4) is 0 Å². The zero-order chi connectivity index (χ0) is 17.3. The number of amides is 1. The van der Waals surface area contributed by atoms with Crippen LogP contribution in [0.15, 0.2) is 24.4 Å². The first-order valence-corrected chi connectivity index (χ1v) is 9.54. The predicted molar refractivity (Wildman–Crippen MR) is 91.5 cm³/mol. The van der Waals surface area contributed by atoms with Gasteiger partial charge in [0.15, 0.2) is 5.82 Å². The molecule has 0 unspecified atom stereocenters. The number of anilines is 2. The van der Waals surface area contributed by atoms with Gasteiger partial charge in [0.05, 0.1) is 27.7 Å². The van der Waals surface area contributed by atoms with E-state index in [0.717, 1.165) is 26.3 Å². The Balaban J connectivity index is 1.66. The maximum Gasteiger partial charge on any atom is 0.247 e. The van der Waals surface area contributed by atoms with Crippen molar-refractivity contribution in [3.8, 4) is 0 Å². The zero-order valence-electron chi connectivity index (χ0n) is 12.8. The molecule has 2 aromatic heterocycles. The van der Waals surface area contributed by atoms with Gasteiger partial charge in [0.1, 0.15) is 6.54 Å². The molecule has 2 heterocycles. The Morgan fingerprint density at radius 2 is 2.17 bits per heavy atom. The van der Waals surface area contributed by atoms with Crippen molar-refractivity contribution in [3.05, 3.63) is 29.4 Å². The number of aryl methyl sites for hydroxylation is 1. The minimum Gasteiger partial charge on any atom is -0.324 e. The minimum atomic E-state index is -3.43. The van der Waals surface area contributed by atoms with E-state index in [1.807, 2.05) is 13.0 Å². The summed E-state index contributed by atoms with van der Waals surface area (Å²) in [6.07, 6.45) is 2.24. The number of aromatic nitrogens is 4. The van der Waals surface area contributed by atoms with E-state index in [0.29, 0.717) is 5.69 Å². The fraction of sp³-hybridized carbons (Fsp3) is 0.231. The van der Waals surface area contributed by atoms with Crippen molar-refractivity contribution >= 4 is 49.0 Å². The highest BCUT2D eigenvalue weighted by Crippen LogP contribution is 2.24. The summed E-state index contributed by atoms with van der Waals surface area (Å²) >= 11 is 1.59. The highest BCUT2D eigenvalue weighted by atomic mass is 32.2. The molecule has 1 aromatic carbocycles. The first-order valence-electron chi connectivity index (χ1n) is 6.83. The molecule has 9 nitrogen and oxygen atoms in total. The van der Waals surface area contributed by atoms with Crippen molar-refractivity contribution in [2.24, 2.45) is 0 Å². The number of carbonyl (C=O) groups is 1. The Morgan fingerprint density at radius 3 is 2.92 bits per heavy atom. The van der Waals surface area contributed by atoms with Gasteiger partial charge in [-0.3, -0.25) is 9.52 Å². The van der Waals surface area contributed by atoms with Crippen LogP contribution in [0.1, 0.15) is 5.01 Å². The molecule has 11 heteroatoms. The molecule has 0 aliphatic heterocycles. The molecule has 0 aliphatic carbocycles. The summed E-state index contributed by atoms with van der Waals surface area (Å²) < 4.78 is 25.5. The Morgan fingerprint density at radius 1 is 1.38 bits per heavy atom. The number of sulfonamides is 1. The molecule has 0 fully saturated rings. The van der Waals surface area contributed by atoms with Crippen LogP contribution in [-0.4, -0.2) is 40.6 Å². The van der Waals surface area contributed by atoms with Crippen LogP contribution < -0.4 is 10.0 Å². The second kappa shape index (κ2) is 6.17. The summed E-state index contributed by atoms with van der Waals surface area (Å²) in [4.78, 5) is 17.5. The molecule has 126 valence electrons. The zero-order valence-corrected chi connectivity index (χ0v) is 14.5. The lowest BCUT2D eigenvalue weighted by Crippen LogP contribution is -2.20. The van der Waals surface area contributed by atoms with Gasteiger partial charge in [-0.1, -0.05) is 0 Å². The summed E-state index contributed by atoms with van der Waals surface area (Å²) in [5.74, 6) is -0.271. The SMILES string of the molecule is Cc1nc2cc(NC(=O)Cn3ncc(NS(C)(=O)=O)n3)ccc2s1. The first kappa shape index (κ1) is 16.3. The van der Waals surface area contributed by atoms with Crippen LogP contribution in [0.2, 0.25) is 0 Å². The average Bonchev–Trinajstić information content (AvgIpc) is 3.01. The van der Waals surface area contributed by atoms with Crippen molar-refractivity contribution < 1.29 is 13.2 Å². The summed E-state index contributed by atoms with van der Waals surface area (Å²) in [5.41, 5.74) is 1.45. The van der Waals surface area contributed by atoms with Crippen molar-refractivity contribution in [1.29, 1.82) is 0 Å². The number of fused-ring (bicyclic) bond motifs is 1. The van der Waals surface area contributed by atoms with E-state index in [4.69, 9.17) is 0 Å². The fourth-order valence-corrected chi connectivity index (χ4v) is 3.34. The molecule has 0 radical (unpaired) electrons. The third kappa shape index (κ3) is 4.06. The molecule has 0 atom stereocenters.